The first kappa shape index (κ1) is 13.7. The average molecular weight is 263 g/mol. The van der Waals surface area contributed by atoms with Crippen molar-refractivity contribution in [3.63, 3.8) is 0 Å². The summed E-state index contributed by atoms with van der Waals surface area (Å²) >= 11 is 0. The number of phenolic OH excluding ortho intramolecular Hbond substituents is 1. The van der Waals surface area contributed by atoms with Crippen molar-refractivity contribution >= 4 is 11.6 Å². The maximum atomic E-state index is 12.0. The third-order valence-corrected chi connectivity index (χ3v) is 3.72. The van der Waals surface area contributed by atoms with Gasteiger partial charge >= 0.3 is 0 Å². The fourth-order valence-corrected chi connectivity index (χ4v) is 2.59. The fraction of sp³-hybridized carbons (Fsp3) is 0.500. The van der Waals surface area contributed by atoms with Crippen molar-refractivity contribution in [1.82, 2.24) is 10.2 Å². The molecular formula is C14H21N3O2. The van der Waals surface area contributed by atoms with E-state index in [1.54, 1.807) is 18.2 Å². The molecule has 1 aliphatic heterocycles. The number of carbonyl (C=O) groups excluding carboxylic acids is 1. The van der Waals surface area contributed by atoms with Gasteiger partial charge in [-0.25, -0.2) is 0 Å². The Morgan fingerprint density at radius 1 is 1.58 bits per heavy atom. The third-order valence-electron chi connectivity index (χ3n) is 3.72. The van der Waals surface area contributed by atoms with Gasteiger partial charge in [-0.05, 0) is 38.1 Å². The Labute approximate surface area is 113 Å². The van der Waals surface area contributed by atoms with Crippen LogP contribution in [0.4, 0.5) is 5.69 Å². The summed E-state index contributed by atoms with van der Waals surface area (Å²) in [6, 6.07) is 5.21. The predicted octanol–water partition coefficient (Wildman–Crippen LogP) is 1.19. The highest BCUT2D eigenvalue weighted by Gasteiger charge is 2.23. The molecule has 0 bridgehead atoms. The molecule has 4 N–H and O–H groups in total. The highest BCUT2D eigenvalue weighted by Crippen LogP contribution is 2.24. The summed E-state index contributed by atoms with van der Waals surface area (Å²) in [5, 5.41) is 12.6. The van der Waals surface area contributed by atoms with Crippen LogP contribution in [0.3, 0.4) is 0 Å². The summed E-state index contributed by atoms with van der Waals surface area (Å²) in [7, 11) is 0. The van der Waals surface area contributed by atoms with Crippen LogP contribution in [0.15, 0.2) is 18.2 Å². The molecule has 1 fully saturated rings. The minimum Gasteiger partial charge on any atom is -0.505 e. The molecule has 0 aliphatic carbocycles. The highest BCUT2D eigenvalue weighted by molar-refractivity contribution is 5.98. The van der Waals surface area contributed by atoms with Crippen LogP contribution in [-0.4, -0.2) is 41.6 Å². The van der Waals surface area contributed by atoms with Gasteiger partial charge in [-0.3, -0.25) is 9.69 Å². The van der Waals surface area contributed by atoms with E-state index in [-0.39, 0.29) is 22.9 Å². The Morgan fingerprint density at radius 2 is 2.37 bits per heavy atom. The quantitative estimate of drug-likeness (QED) is 0.563. The third kappa shape index (κ3) is 2.98. The standard InChI is InChI=1S/C14H21N3O2/c1-2-17-8-4-5-10(17)9-16-14(19)11-6-3-7-12(15)13(11)18/h3,6-7,10,18H,2,4-5,8-9,15H2,1H3,(H,16,19). The number of likely N-dealkylation sites (tertiary alicyclic amines) is 1. The number of likely N-dealkylation sites (N-methyl/N-ethyl adjacent to an activating group) is 1. The fourth-order valence-electron chi connectivity index (χ4n) is 2.59. The molecule has 1 aromatic rings. The van der Waals surface area contributed by atoms with E-state index in [9.17, 15) is 9.90 Å². The number of phenols is 1. The van der Waals surface area contributed by atoms with Crippen LogP contribution >= 0.6 is 0 Å². The van der Waals surface area contributed by atoms with E-state index in [2.05, 4.69) is 17.1 Å². The number of aromatic hydroxyl groups is 1. The molecule has 1 heterocycles. The lowest BCUT2D eigenvalue weighted by Crippen LogP contribution is -2.40. The van der Waals surface area contributed by atoms with Crippen molar-refractivity contribution < 1.29 is 9.90 Å². The molecule has 1 unspecified atom stereocenters. The van der Waals surface area contributed by atoms with E-state index in [0.29, 0.717) is 12.6 Å². The Balaban J connectivity index is 1.96. The van der Waals surface area contributed by atoms with E-state index in [1.165, 1.54) is 6.42 Å². The number of nitrogens with one attached hydrogen (secondary N) is 1. The number of nitrogens with zero attached hydrogens (tertiary/aromatic N) is 1. The van der Waals surface area contributed by atoms with Gasteiger partial charge in [0.25, 0.3) is 5.91 Å². The second kappa shape index (κ2) is 5.93. The van der Waals surface area contributed by atoms with Gasteiger partial charge in [-0.15, -0.1) is 0 Å². The second-order valence-electron chi connectivity index (χ2n) is 4.88. The number of nitrogen functional groups attached to an aromatic ring is 1. The first-order valence-electron chi connectivity index (χ1n) is 6.73. The van der Waals surface area contributed by atoms with Crippen molar-refractivity contribution in [1.29, 1.82) is 0 Å². The number of hydrogen-bond acceptors (Lipinski definition) is 4. The van der Waals surface area contributed by atoms with E-state index >= 15 is 0 Å². The van der Waals surface area contributed by atoms with Gasteiger partial charge in [0.15, 0.2) is 5.75 Å². The maximum absolute atomic E-state index is 12.0. The molecule has 1 aliphatic rings. The summed E-state index contributed by atoms with van der Waals surface area (Å²) in [6.45, 7) is 4.84. The van der Waals surface area contributed by atoms with Gasteiger partial charge in [0.2, 0.25) is 0 Å². The molecule has 5 heteroatoms. The molecule has 1 amide bonds. The van der Waals surface area contributed by atoms with Crippen molar-refractivity contribution in [2.24, 2.45) is 0 Å². The number of anilines is 1. The number of carbonyl (C=O) groups is 1. The summed E-state index contributed by atoms with van der Waals surface area (Å²) in [4.78, 5) is 14.4. The molecule has 1 aromatic carbocycles. The lowest BCUT2D eigenvalue weighted by Gasteiger charge is -2.23. The number of hydrogen-bond donors (Lipinski definition) is 3. The SMILES string of the molecule is CCN1CCCC1CNC(=O)c1cccc(N)c1O. The van der Waals surface area contributed by atoms with Crippen molar-refractivity contribution in [3.8, 4) is 5.75 Å². The molecule has 1 saturated heterocycles. The van der Waals surface area contributed by atoms with E-state index in [0.717, 1.165) is 19.5 Å². The van der Waals surface area contributed by atoms with Crippen molar-refractivity contribution in [3.05, 3.63) is 23.8 Å². The van der Waals surface area contributed by atoms with E-state index < -0.39 is 0 Å². The molecule has 5 nitrogen and oxygen atoms in total. The van der Waals surface area contributed by atoms with Crippen LogP contribution in [0.5, 0.6) is 5.75 Å². The number of para-hydroxylation sites is 1. The Kier molecular flexibility index (Phi) is 4.27. The zero-order chi connectivity index (χ0) is 13.8. The van der Waals surface area contributed by atoms with Gasteiger partial charge in [-0.2, -0.15) is 0 Å². The summed E-state index contributed by atoms with van der Waals surface area (Å²) in [5.74, 6) is -0.411. The predicted molar refractivity (Wildman–Crippen MR) is 75.1 cm³/mol. The summed E-state index contributed by atoms with van der Waals surface area (Å²) < 4.78 is 0. The number of rotatable bonds is 4. The normalized spacial score (nSPS) is 19.5. The summed E-state index contributed by atoms with van der Waals surface area (Å²) in [5.41, 5.74) is 6.04. The Bertz CT molecular complexity index is 462. The molecule has 2 rings (SSSR count). The van der Waals surface area contributed by atoms with Crippen LogP contribution in [0.25, 0.3) is 0 Å². The minimum atomic E-state index is -0.271. The molecule has 0 saturated carbocycles. The second-order valence-corrected chi connectivity index (χ2v) is 4.88. The van der Waals surface area contributed by atoms with E-state index in [4.69, 9.17) is 5.73 Å². The molecule has 1 atom stereocenters. The monoisotopic (exact) mass is 263 g/mol. The largest absolute Gasteiger partial charge is 0.505 e. The highest BCUT2D eigenvalue weighted by atomic mass is 16.3. The zero-order valence-electron chi connectivity index (χ0n) is 11.2. The lowest BCUT2D eigenvalue weighted by molar-refractivity contribution is 0.0939. The van der Waals surface area contributed by atoms with Gasteiger partial charge in [-0.1, -0.05) is 13.0 Å². The maximum Gasteiger partial charge on any atom is 0.255 e. The van der Waals surface area contributed by atoms with Crippen LogP contribution in [0.2, 0.25) is 0 Å². The molecule has 0 radical (unpaired) electrons. The van der Waals surface area contributed by atoms with Crippen LogP contribution in [0.1, 0.15) is 30.1 Å². The topological polar surface area (TPSA) is 78.6 Å². The number of benzene rings is 1. The van der Waals surface area contributed by atoms with Gasteiger partial charge in [0, 0.05) is 12.6 Å². The van der Waals surface area contributed by atoms with Crippen molar-refractivity contribution in [2.45, 2.75) is 25.8 Å². The van der Waals surface area contributed by atoms with E-state index in [1.807, 2.05) is 0 Å². The molecule has 19 heavy (non-hydrogen) atoms. The van der Waals surface area contributed by atoms with Crippen molar-refractivity contribution in [2.75, 3.05) is 25.4 Å². The van der Waals surface area contributed by atoms with Gasteiger partial charge < -0.3 is 16.2 Å². The first-order chi connectivity index (χ1) is 9.13. The Morgan fingerprint density at radius 3 is 3.11 bits per heavy atom. The molecule has 0 aromatic heterocycles. The molecular weight excluding hydrogens is 242 g/mol. The minimum absolute atomic E-state index is 0.140. The number of nitrogens with two attached hydrogens (primary N) is 1. The van der Waals surface area contributed by atoms with Crippen LogP contribution in [-0.2, 0) is 0 Å². The molecule has 0 spiro atoms. The average Bonchev–Trinajstić information content (AvgIpc) is 2.86. The smallest absolute Gasteiger partial charge is 0.255 e. The Hall–Kier alpha value is -1.75. The lowest BCUT2D eigenvalue weighted by atomic mass is 10.1. The van der Waals surface area contributed by atoms with Gasteiger partial charge in [0.1, 0.15) is 0 Å². The number of amides is 1. The summed E-state index contributed by atoms with van der Waals surface area (Å²) in [6.07, 6.45) is 2.29. The van der Waals surface area contributed by atoms with Crippen LogP contribution < -0.4 is 11.1 Å². The molecule has 104 valence electrons. The van der Waals surface area contributed by atoms with Gasteiger partial charge in [0.05, 0.1) is 11.3 Å². The first-order valence-corrected chi connectivity index (χ1v) is 6.73. The zero-order valence-corrected chi connectivity index (χ0v) is 11.2. The van der Waals surface area contributed by atoms with Crippen LogP contribution in [0, 0.1) is 0 Å².